The molecule has 1 rings (SSSR count). The number of urea groups is 1. The first-order valence-corrected chi connectivity index (χ1v) is 7.36. The van der Waals surface area contributed by atoms with Gasteiger partial charge in [-0.15, -0.1) is 0 Å². The van der Waals surface area contributed by atoms with Crippen molar-refractivity contribution in [2.24, 2.45) is 0 Å². The highest BCUT2D eigenvalue weighted by Gasteiger charge is 2.13. The van der Waals surface area contributed by atoms with Crippen molar-refractivity contribution in [1.29, 1.82) is 0 Å². The van der Waals surface area contributed by atoms with Crippen LogP contribution < -0.4 is 10.1 Å². The molecule has 0 radical (unpaired) electrons. The van der Waals surface area contributed by atoms with Crippen LogP contribution in [0.1, 0.15) is 25.3 Å². The standard InChI is InChI=1S/C16H24N2O4/c1-4-13(22-14-7-5-6-12(2)10-14)11-17-16(21)18(3)9-8-15(19)20/h5-7,10,13H,4,8-9,11H2,1-3H3,(H,17,21)(H,19,20). The molecule has 122 valence electrons. The van der Waals surface area contributed by atoms with Crippen LogP contribution in [0.2, 0.25) is 0 Å². The zero-order chi connectivity index (χ0) is 16.5. The molecule has 1 aromatic rings. The first-order valence-electron chi connectivity index (χ1n) is 7.36. The average Bonchev–Trinajstić information content (AvgIpc) is 2.48. The number of carbonyl (C=O) groups is 2. The third-order valence-corrected chi connectivity index (χ3v) is 3.24. The minimum absolute atomic E-state index is 0.0685. The lowest BCUT2D eigenvalue weighted by Crippen LogP contribution is -2.42. The van der Waals surface area contributed by atoms with Gasteiger partial charge in [0, 0.05) is 13.6 Å². The van der Waals surface area contributed by atoms with E-state index in [1.54, 1.807) is 7.05 Å². The second-order valence-corrected chi connectivity index (χ2v) is 5.22. The van der Waals surface area contributed by atoms with Gasteiger partial charge in [-0.3, -0.25) is 4.79 Å². The summed E-state index contributed by atoms with van der Waals surface area (Å²) < 4.78 is 5.85. The fraction of sp³-hybridized carbons (Fsp3) is 0.500. The third kappa shape index (κ3) is 6.47. The zero-order valence-corrected chi connectivity index (χ0v) is 13.3. The number of ether oxygens (including phenoxy) is 1. The maximum Gasteiger partial charge on any atom is 0.317 e. The molecule has 2 N–H and O–H groups in total. The van der Waals surface area contributed by atoms with Crippen LogP contribution in [0, 0.1) is 6.92 Å². The molecule has 0 spiro atoms. The highest BCUT2D eigenvalue weighted by molar-refractivity contribution is 5.75. The van der Waals surface area contributed by atoms with Gasteiger partial charge in [0.2, 0.25) is 0 Å². The zero-order valence-electron chi connectivity index (χ0n) is 13.3. The van der Waals surface area contributed by atoms with Gasteiger partial charge in [-0.25, -0.2) is 4.79 Å². The normalized spacial score (nSPS) is 11.6. The highest BCUT2D eigenvalue weighted by Crippen LogP contribution is 2.15. The Morgan fingerprint density at radius 1 is 1.41 bits per heavy atom. The SMILES string of the molecule is CCC(CNC(=O)N(C)CCC(=O)O)Oc1cccc(C)c1. The van der Waals surface area contributed by atoms with Crippen molar-refractivity contribution in [3.63, 3.8) is 0 Å². The number of carboxylic acids is 1. The van der Waals surface area contributed by atoms with Gasteiger partial charge >= 0.3 is 12.0 Å². The molecule has 0 saturated heterocycles. The Morgan fingerprint density at radius 3 is 2.73 bits per heavy atom. The van der Waals surface area contributed by atoms with E-state index in [1.165, 1.54) is 4.90 Å². The number of carbonyl (C=O) groups excluding carboxylic acids is 1. The molecule has 0 aliphatic heterocycles. The van der Waals surface area contributed by atoms with E-state index in [-0.39, 0.29) is 25.1 Å². The number of aliphatic carboxylic acids is 1. The lowest BCUT2D eigenvalue weighted by Gasteiger charge is -2.21. The van der Waals surface area contributed by atoms with Gasteiger partial charge in [-0.05, 0) is 31.0 Å². The maximum atomic E-state index is 11.8. The largest absolute Gasteiger partial charge is 0.489 e. The second-order valence-electron chi connectivity index (χ2n) is 5.22. The Kier molecular flexibility index (Phi) is 7.22. The molecular weight excluding hydrogens is 284 g/mol. The van der Waals surface area contributed by atoms with Gasteiger partial charge in [0.25, 0.3) is 0 Å². The Morgan fingerprint density at radius 2 is 2.14 bits per heavy atom. The molecule has 1 unspecified atom stereocenters. The van der Waals surface area contributed by atoms with Crippen LogP contribution in [0.15, 0.2) is 24.3 Å². The van der Waals surface area contributed by atoms with E-state index in [9.17, 15) is 9.59 Å². The molecule has 0 bridgehead atoms. The summed E-state index contributed by atoms with van der Waals surface area (Å²) in [6.07, 6.45) is 0.562. The Hall–Kier alpha value is -2.24. The van der Waals surface area contributed by atoms with Gasteiger partial charge < -0.3 is 20.1 Å². The number of hydrogen-bond donors (Lipinski definition) is 2. The van der Waals surface area contributed by atoms with E-state index >= 15 is 0 Å². The molecular formula is C16H24N2O4. The number of hydrogen-bond acceptors (Lipinski definition) is 3. The van der Waals surface area contributed by atoms with Crippen LogP contribution >= 0.6 is 0 Å². The maximum absolute atomic E-state index is 11.8. The Bertz CT molecular complexity index is 505. The van der Waals surface area contributed by atoms with E-state index in [2.05, 4.69) is 5.32 Å². The monoisotopic (exact) mass is 308 g/mol. The summed E-state index contributed by atoms with van der Waals surface area (Å²) in [5, 5.41) is 11.4. The van der Waals surface area contributed by atoms with Crippen molar-refractivity contribution in [2.75, 3.05) is 20.1 Å². The first kappa shape index (κ1) is 17.8. The molecule has 0 aliphatic carbocycles. The van der Waals surface area contributed by atoms with Gasteiger partial charge in [0.15, 0.2) is 0 Å². The summed E-state index contributed by atoms with van der Waals surface area (Å²) in [6, 6.07) is 7.45. The van der Waals surface area contributed by atoms with Crippen molar-refractivity contribution < 1.29 is 19.4 Å². The van der Waals surface area contributed by atoms with E-state index in [1.807, 2.05) is 38.1 Å². The molecule has 1 atom stereocenters. The summed E-state index contributed by atoms with van der Waals surface area (Å²) in [5.74, 6) is -0.144. The van der Waals surface area contributed by atoms with Crippen LogP contribution in [0.5, 0.6) is 5.75 Å². The summed E-state index contributed by atoms with van der Waals surface area (Å²) >= 11 is 0. The molecule has 2 amide bonds. The quantitative estimate of drug-likeness (QED) is 0.772. The van der Waals surface area contributed by atoms with Crippen LogP contribution in [0.3, 0.4) is 0 Å². The molecule has 6 heteroatoms. The van der Waals surface area contributed by atoms with Crippen molar-refractivity contribution in [1.82, 2.24) is 10.2 Å². The van der Waals surface area contributed by atoms with Gasteiger partial charge in [-0.1, -0.05) is 19.1 Å². The molecule has 0 fully saturated rings. The van der Waals surface area contributed by atoms with Crippen LogP contribution in [-0.2, 0) is 4.79 Å². The molecule has 22 heavy (non-hydrogen) atoms. The first-order chi connectivity index (χ1) is 10.4. The lowest BCUT2D eigenvalue weighted by molar-refractivity contribution is -0.137. The minimum Gasteiger partial charge on any atom is -0.489 e. The fourth-order valence-corrected chi connectivity index (χ4v) is 1.85. The summed E-state index contributed by atoms with van der Waals surface area (Å²) in [6.45, 7) is 4.53. The molecule has 0 saturated carbocycles. The summed E-state index contributed by atoms with van der Waals surface area (Å²) in [4.78, 5) is 23.7. The molecule has 0 aromatic heterocycles. The minimum atomic E-state index is -0.922. The second kappa shape index (κ2) is 8.92. The molecule has 6 nitrogen and oxygen atoms in total. The fourth-order valence-electron chi connectivity index (χ4n) is 1.85. The highest BCUT2D eigenvalue weighted by atomic mass is 16.5. The number of amides is 2. The number of carboxylic acid groups (broad SMARTS) is 1. The Labute approximate surface area is 131 Å². The van der Waals surface area contributed by atoms with Gasteiger partial charge in [0.05, 0.1) is 13.0 Å². The number of rotatable bonds is 8. The van der Waals surface area contributed by atoms with E-state index in [4.69, 9.17) is 9.84 Å². The number of nitrogens with zero attached hydrogens (tertiary/aromatic N) is 1. The predicted octanol–water partition coefficient (Wildman–Crippen LogP) is 2.27. The number of aryl methyl sites for hydroxylation is 1. The summed E-state index contributed by atoms with van der Waals surface area (Å²) in [5.41, 5.74) is 1.12. The lowest BCUT2D eigenvalue weighted by atomic mass is 10.2. The predicted molar refractivity (Wildman–Crippen MR) is 84.2 cm³/mol. The average molecular weight is 308 g/mol. The topological polar surface area (TPSA) is 78.9 Å². The van der Waals surface area contributed by atoms with Crippen molar-refractivity contribution in [3.8, 4) is 5.75 Å². The molecule has 0 heterocycles. The van der Waals surface area contributed by atoms with Crippen molar-refractivity contribution in [2.45, 2.75) is 32.8 Å². The van der Waals surface area contributed by atoms with E-state index in [0.717, 1.165) is 17.7 Å². The summed E-state index contributed by atoms with van der Waals surface area (Å²) in [7, 11) is 1.57. The van der Waals surface area contributed by atoms with Gasteiger partial charge in [0.1, 0.15) is 11.9 Å². The van der Waals surface area contributed by atoms with Crippen LogP contribution in [0.4, 0.5) is 4.79 Å². The molecule has 1 aromatic carbocycles. The Balaban J connectivity index is 2.43. The van der Waals surface area contributed by atoms with Crippen molar-refractivity contribution in [3.05, 3.63) is 29.8 Å². The number of nitrogens with one attached hydrogen (secondary N) is 1. The molecule has 0 aliphatic rings. The van der Waals surface area contributed by atoms with Gasteiger partial charge in [-0.2, -0.15) is 0 Å². The van der Waals surface area contributed by atoms with Crippen LogP contribution in [0.25, 0.3) is 0 Å². The number of benzene rings is 1. The van der Waals surface area contributed by atoms with Crippen LogP contribution in [-0.4, -0.2) is 48.2 Å². The third-order valence-electron chi connectivity index (χ3n) is 3.24. The smallest absolute Gasteiger partial charge is 0.317 e. The van der Waals surface area contributed by atoms with Crippen molar-refractivity contribution >= 4 is 12.0 Å². The van der Waals surface area contributed by atoms with E-state index < -0.39 is 5.97 Å². The van der Waals surface area contributed by atoms with E-state index in [0.29, 0.717) is 6.54 Å².